The molecule has 0 radical (unpaired) electrons. The van der Waals surface area contributed by atoms with Crippen molar-refractivity contribution >= 4 is 31.8 Å². The molecule has 1 unspecified atom stereocenters. The SMILES string of the molecule is C[C@@H](O[Si](C)(C)C(C)(C)C)[C@H]1C(=O)N[C@@H]1C1CSCCC1=O. The Bertz CT molecular complexity index is 461. The third kappa shape index (κ3) is 3.43. The van der Waals surface area contributed by atoms with Crippen LogP contribution < -0.4 is 5.32 Å². The van der Waals surface area contributed by atoms with Gasteiger partial charge in [0, 0.05) is 23.8 Å². The highest BCUT2D eigenvalue weighted by atomic mass is 32.2. The quantitative estimate of drug-likeness (QED) is 0.630. The largest absolute Gasteiger partial charge is 0.413 e. The molecular weight excluding hydrogens is 314 g/mol. The number of nitrogens with one attached hydrogen (secondary N) is 1. The van der Waals surface area contributed by atoms with Gasteiger partial charge in [-0.2, -0.15) is 11.8 Å². The Hall–Kier alpha value is -0.333. The number of carbonyl (C=O) groups is 2. The molecule has 0 aliphatic carbocycles. The average Bonchev–Trinajstić information content (AvgIpc) is 2.34. The number of hydrogen-bond acceptors (Lipinski definition) is 4. The van der Waals surface area contributed by atoms with E-state index in [4.69, 9.17) is 4.43 Å². The highest BCUT2D eigenvalue weighted by molar-refractivity contribution is 7.99. The predicted octanol–water partition coefficient (Wildman–Crippen LogP) is 2.83. The summed E-state index contributed by atoms with van der Waals surface area (Å²) in [5.41, 5.74) is 0. The second-order valence-electron chi connectivity index (χ2n) is 8.04. The van der Waals surface area contributed by atoms with Gasteiger partial charge in [-0.15, -0.1) is 0 Å². The van der Waals surface area contributed by atoms with Gasteiger partial charge in [0.15, 0.2) is 8.32 Å². The van der Waals surface area contributed by atoms with Crippen molar-refractivity contribution in [2.24, 2.45) is 11.8 Å². The van der Waals surface area contributed by atoms with Crippen molar-refractivity contribution in [3.05, 3.63) is 0 Å². The van der Waals surface area contributed by atoms with E-state index in [0.29, 0.717) is 12.2 Å². The van der Waals surface area contributed by atoms with E-state index in [1.54, 1.807) is 0 Å². The molecule has 2 aliphatic heterocycles. The molecule has 6 heteroatoms. The fourth-order valence-electron chi connectivity index (χ4n) is 2.95. The molecule has 126 valence electrons. The Morgan fingerprint density at radius 2 is 1.95 bits per heavy atom. The van der Waals surface area contributed by atoms with E-state index in [0.717, 1.165) is 11.5 Å². The summed E-state index contributed by atoms with van der Waals surface area (Å²) in [7, 11) is -1.91. The maximum atomic E-state index is 12.2. The maximum absolute atomic E-state index is 12.2. The minimum Gasteiger partial charge on any atom is -0.413 e. The van der Waals surface area contributed by atoms with Gasteiger partial charge in [0.05, 0.1) is 18.1 Å². The lowest BCUT2D eigenvalue weighted by atomic mass is 9.77. The summed E-state index contributed by atoms with van der Waals surface area (Å²) in [4.78, 5) is 24.2. The van der Waals surface area contributed by atoms with Crippen LogP contribution >= 0.6 is 11.8 Å². The van der Waals surface area contributed by atoms with Crippen LogP contribution in [0.4, 0.5) is 0 Å². The van der Waals surface area contributed by atoms with Crippen LogP contribution in [0, 0.1) is 11.8 Å². The highest BCUT2D eigenvalue weighted by Crippen LogP contribution is 2.40. The third-order valence-electron chi connectivity index (χ3n) is 5.43. The molecule has 2 saturated heterocycles. The summed E-state index contributed by atoms with van der Waals surface area (Å²) < 4.78 is 6.39. The number of β-lactam (4-membered cyclic amide) rings is 1. The van der Waals surface area contributed by atoms with E-state index in [2.05, 4.69) is 39.2 Å². The van der Waals surface area contributed by atoms with Crippen LogP contribution in [0.15, 0.2) is 0 Å². The van der Waals surface area contributed by atoms with Gasteiger partial charge in [-0.3, -0.25) is 9.59 Å². The lowest BCUT2D eigenvalue weighted by Crippen LogP contribution is -2.67. The summed E-state index contributed by atoms with van der Waals surface area (Å²) in [6, 6.07) is -0.0347. The number of carbonyl (C=O) groups excluding carboxylic acids is 2. The van der Waals surface area contributed by atoms with E-state index in [1.165, 1.54) is 0 Å². The van der Waals surface area contributed by atoms with Crippen molar-refractivity contribution in [3.63, 3.8) is 0 Å². The lowest BCUT2D eigenvalue weighted by Gasteiger charge is -2.47. The van der Waals surface area contributed by atoms with Gasteiger partial charge in [-0.1, -0.05) is 20.8 Å². The molecule has 1 N–H and O–H groups in total. The van der Waals surface area contributed by atoms with Gasteiger partial charge in [0.1, 0.15) is 5.78 Å². The van der Waals surface area contributed by atoms with Crippen LogP contribution in [0.2, 0.25) is 18.1 Å². The molecule has 0 aromatic carbocycles. The first-order chi connectivity index (χ1) is 10.0. The summed E-state index contributed by atoms with van der Waals surface area (Å²) in [5, 5.41) is 3.08. The van der Waals surface area contributed by atoms with Crippen molar-refractivity contribution in [2.45, 2.75) is 64.4 Å². The number of thioether (sulfide) groups is 1. The number of rotatable bonds is 4. The standard InChI is InChI=1S/C16H29NO3SSi/c1-10(20-22(5,6)16(2,3)4)13-14(17-15(13)19)11-9-21-8-7-12(11)18/h10-11,13-14H,7-9H2,1-6H3,(H,17,19)/t10-,11?,13-,14-/m1/s1. The van der Waals surface area contributed by atoms with Crippen molar-refractivity contribution in [1.82, 2.24) is 5.32 Å². The zero-order valence-corrected chi connectivity index (χ0v) is 16.4. The Balaban J connectivity index is 2.06. The highest BCUT2D eigenvalue weighted by Gasteiger charge is 2.51. The normalized spacial score (nSPS) is 31.5. The van der Waals surface area contributed by atoms with Crippen LogP contribution in [0.25, 0.3) is 0 Å². The first-order valence-corrected chi connectivity index (χ1v) is 12.2. The molecule has 0 aromatic heterocycles. The van der Waals surface area contributed by atoms with Crippen LogP contribution in [-0.4, -0.2) is 43.7 Å². The molecule has 2 rings (SSSR count). The first-order valence-electron chi connectivity index (χ1n) is 8.13. The van der Waals surface area contributed by atoms with E-state index >= 15 is 0 Å². The molecule has 0 bridgehead atoms. The van der Waals surface area contributed by atoms with Crippen molar-refractivity contribution < 1.29 is 14.0 Å². The zero-order valence-electron chi connectivity index (χ0n) is 14.6. The minimum atomic E-state index is -1.91. The summed E-state index contributed by atoms with van der Waals surface area (Å²) in [5.74, 6) is 1.87. The van der Waals surface area contributed by atoms with Gasteiger partial charge in [0.2, 0.25) is 5.91 Å². The summed E-state index contributed by atoms with van der Waals surface area (Å²) >= 11 is 1.81. The van der Waals surface area contributed by atoms with E-state index in [1.807, 2.05) is 18.7 Å². The fourth-order valence-corrected chi connectivity index (χ4v) is 5.54. The van der Waals surface area contributed by atoms with Crippen LogP contribution in [0.5, 0.6) is 0 Å². The molecule has 1 amide bonds. The Labute approximate surface area is 139 Å². The second-order valence-corrected chi connectivity index (χ2v) is 13.9. The molecule has 0 aromatic rings. The average molecular weight is 344 g/mol. The van der Waals surface area contributed by atoms with Gasteiger partial charge in [0.25, 0.3) is 0 Å². The monoisotopic (exact) mass is 343 g/mol. The molecular formula is C16H29NO3SSi. The maximum Gasteiger partial charge on any atom is 0.228 e. The number of amides is 1. The minimum absolute atomic E-state index is 0.0347. The van der Waals surface area contributed by atoms with E-state index in [9.17, 15) is 9.59 Å². The van der Waals surface area contributed by atoms with Gasteiger partial charge < -0.3 is 9.74 Å². The Morgan fingerprint density at radius 3 is 2.45 bits per heavy atom. The van der Waals surface area contributed by atoms with Crippen LogP contribution in [0.1, 0.15) is 34.1 Å². The summed E-state index contributed by atoms with van der Waals surface area (Å²) in [6.45, 7) is 13.0. The van der Waals surface area contributed by atoms with Gasteiger partial charge in [-0.05, 0) is 25.1 Å². The third-order valence-corrected chi connectivity index (χ3v) is 11.1. The molecule has 0 saturated carbocycles. The Kier molecular flexibility index (Phi) is 5.14. The van der Waals surface area contributed by atoms with Crippen LogP contribution in [-0.2, 0) is 14.0 Å². The van der Waals surface area contributed by atoms with E-state index in [-0.39, 0.29) is 34.9 Å². The van der Waals surface area contributed by atoms with Gasteiger partial charge >= 0.3 is 0 Å². The van der Waals surface area contributed by atoms with Crippen molar-refractivity contribution in [1.29, 1.82) is 0 Å². The summed E-state index contributed by atoms with van der Waals surface area (Å²) in [6.07, 6.45) is 0.505. The van der Waals surface area contributed by atoms with Crippen molar-refractivity contribution in [3.8, 4) is 0 Å². The van der Waals surface area contributed by atoms with Crippen LogP contribution in [0.3, 0.4) is 0 Å². The fraction of sp³-hybridized carbons (Fsp3) is 0.875. The molecule has 0 spiro atoms. The topological polar surface area (TPSA) is 55.4 Å². The molecule has 2 aliphatic rings. The number of Topliss-reactive ketones (excluding diaryl/α,β-unsaturated/α-hetero) is 1. The smallest absolute Gasteiger partial charge is 0.228 e. The second kappa shape index (κ2) is 6.28. The number of hydrogen-bond donors (Lipinski definition) is 1. The van der Waals surface area contributed by atoms with E-state index < -0.39 is 8.32 Å². The molecule has 4 nitrogen and oxygen atoms in total. The van der Waals surface area contributed by atoms with Gasteiger partial charge in [-0.25, -0.2) is 0 Å². The molecule has 2 heterocycles. The number of ketones is 1. The predicted molar refractivity (Wildman–Crippen MR) is 93.6 cm³/mol. The molecule has 4 atom stereocenters. The Morgan fingerprint density at radius 1 is 1.32 bits per heavy atom. The molecule has 22 heavy (non-hydrogen) atoms. The first kappa shape index (κ1) is 18.0. The lowest BCUT2D eigenvalue weighted by molar-refractivity contribution is -0.144. The van der Waals surface area contributed by atoms with Crippen molar-refractivity contribution in [2.75, 3.05) is 11.5 Å². The molecule has 2 fully saturated rings. The zero-order chi connectivity index (χ0) is 16.7.